The van der Waals surface area contributed by atoms with Crippen LogP contribution in [0.5, 0.6) is 0 Å². The highest BCUT2D eigenvalue weighted by molar-refractivity contribution is 8.00. The van der Waals surface area contributed by atoms with Crippen LogP contribution in [0.25, 0.3) is 11.7 Å². The third-order valence-electron chi connectivity index (χ3n) is 2.20. The number of furan rings is 1. The van der Waals surface area contributed by atoms with E-state index in [0.29, 0.717) is 5.76 Å². The fourth-order valence-electron chi connectivity index (χ4n) is 1.22. The molecule has 9 heteroatoms. The van der Waals surface area contributed by atoms with Gasteiger partial charge in [-0.15, -0.1) is 10.2 Å². The molecule has 1 N–H and O–H groups in total. The number of carbonyl (C=O) groups is 2. The van der Waals surface area contributed by atoms with Crippen LogP contribution in [-0.2, 0) is 9.53 Å². The molecule has 2 aromatic rings. The van der Waals surface area contributed by atoms with Gasteiger partial charge >= 0.3 is 6.09 Å². The summed E-state index contributed by atoms with van der Waals surface area (Å²) in [5, 5.41) is 9.23. The van der Waals surface area contributed by atoms with Gasteiger partial charge in [0, 0.05) is 0 Å². The van der Waals surface area contributed by atoms with Gasteiger partial charge in [-0.2, -0.15) is 0 Å². The fraction of sp³-hybridized carbons (Fsp3) is 0.273. The molecule has 0 radical (unpaired) electrons. The van der Waals surface area contributed by atoms with Gasteiger partial charge in [-0.1, -0.05) is 11.8 Å². The normalized spacial score (nSPS) is 11.9. The van der Waals surface area contributed by atoms with E-state index in [0.717, 1.165) is 11.8 Å². The molecule has 0 aromatic carbocycles. The Morgan fingerprint density at radius 1 is 1.45 bits per heavy atom. The van der Waals surface area contributed by atoms with E-state index in [1.807, 2.05) is 0 Å². The average molecular weight is 297 g/mol. The number of carbonyl (C=O) groups excluding carboxylic acids is 2. The largest absolute Gasteiger partial charge is 0.459 e. The lowest BCUT2D eigenvalue weighted by Crippen LogP contribution is -2.35. The standard InChI is InChI=1S/C11H11N3O5S/c1-6(8(15)12-10(16)17-2)20-11-14-13-9(19-11)7-4-3-5-18-7/h3-6H,1-2H3,(H,12,15,16)/t6-/m0/s1. The number of amides is 2. The maximum Gasteiger partial charge on any atom is 0.413 e. The van der Waals surface area contributed by atoms with Crippen molar-refractivity contribution in [3.63, 3.8) is 0 Å². The van der Waals surface area contributed by atoms with Gasteiger partial charge in [0.2, 0.25) is 5.91 Å². The molecule has 0 saturated heterocycles. The predicted molar refractivity (Wildman–Crippen MR) is 67.9 cm³/mol. The molecular formula is C11H11N3O5S. The van der Waals surface area contributed by atoms with E-state index in [9.17, 15) is 9.59 Å². The van der Waals surface area contributed by atoms with Gasteiger partial charge in [-0.3, -0.25) is 10.1 Å². The number of thioether (sulfide) groups is 1. The van der Waals surface area contributed by atoms with Crippen molar-refractivity contribution in [1.82, 2.24) is 15.5 Å². The minimum Gasteiger partial charge on any atom is -0.459 e. The molecule has 2 rings (SSSR count). The molecule has 0 aliphatic heterocycles. The molecule has 8 nitrogen and oxygen atoms in total. The second kappa shape index (κ2) is 6.24. The van der Waals surface area contributed by atoms with Crippen LogP contribution in [0, 0.1) is 0 Å². The van der Waals surface area contributed by atoms with Gasteiger partial charge in [0.15, 0.2) is 5.76 Å². The number of nitrogens with one attached hydrogen (secondary N) is 1. The summed E-state index contributed by atoms with van der Waals surface area (Å²) in [5.74, 6) is 0.147. The molecule has 0 aliphatic rings. The molecule has 0 bridgehead atoms. The van der Waals surface area contributed by atoms with Crippen LogP contribution in [0.3, 0.4) is 0 Å². The zero-order chi connectivity index (χ0) is 14.5. The first-order chi connectivity index (χ1) is 9.60. The second-order valence-corrected chi connectivity index (χ2v) is 4.88. The predicted octanol–water partition coefficient (Wildman–Crippen LogP) is 1.69. The van der Waals surface area contributed by atoms with Crippen LogP contribution in [0.15, 0.2) is 32.5 Å². The second-order valence-electron chi connectivity index (χ2n) is 3.59. The Morgan fingerprint density at radius 2 is 2.25 bits per heavy atom. The van der Waals surface area contributed by atoms with Crippen molar-refractivity contribution in [1.29, 1.82) is 0 Å². The fourth-order valence-corrected chi connectivity index (χ4v) is 1.90. The summed E-state index contributed by atoms with van der Waals surface area (Å²) < 4.78 is 14.8. The molecule has 0 unspecified atom stereocenters. The maximum absolute atomic E-state index is 11.6. The molecule has 0 saturated carbocycles. The number of rotatable bonds is 4. The minimum atomic E-state index is -0.816. The van der Waals surface area contributed by atoms with Crippen LogP contribution < -0.4 is 5.32 Å². The highest BCUT2D eigenvalue weighted by Gasteiger charge is 2.21. The lowest BCUT2D eigenvalue weighted by Gasteiger charge is -2.07. The van der Waals surface area contributed by atoms with Gasteiger partial charge in [-0.25, -0.2) is 4.79 Å². The number of methoxy groups -OCH3 is 1. The lowest BCUT2D eigenvalue weighted by atomic mass is 10.4. The summed E-state index contributed by atoms with van der Waals surface area (Å²) in [5.41, 5.74) is 0. The molecule has 0 fully saturated rings. The Balaban J connectivity index is 1.96. The molecule has 2 heterocycles. The Labute approximate surface area is 117 Å². The first kappa shape index (κ1) is 14.1. The summed E-state index contributed by atoms with van der Waals surface area (Å²) in [4.78, 5) is 22.5. The monoisotopic (exact) mass is 297 g/mol. The summed E-state index contributed by atoms with van der Waals surface area (Å²) in [6, 6.07) is 3.37. The first-order valence-electron chi connectivity index (χ1n) is 5.53. The number of alkyl carbamates (subject to hydrolysis) is 1. The molecule has 1 atom stereocenters. The maximum atomic E-state index is 11.6. The van der Waals surface area contributed by atoms with Gasteiger partial charge < -0.3 is 13.6 Å². The molecule has 2 aromatic heterocycles. The average Bonchev–Trinajstić information content (AvgIpc) is 3.08. The molecule has 20 heavy (non-hydrogen) atoms. The van der Waals surface area contributed by atoms with Crippen LogP contribution in [0.4, 0.5) is 4.79 Å². The van der Waals surface area contributed by atoms with E-state index in [1.165, 1.54) is 13.4 Å². The topological polar surface area (TPSA) is 107 Å². The lowest BCUT2D eigenvalue weighted by molar-refractivity contribution is -0.119. The van der Waals surface area contributed by atoms with E-state index >= 15 is 0 Å². The third-order valence-corrected chi connectivity index (χ3v) is 3.13. The van der Waals surface area contributed by atoms with Crippen LogP contribution in [0.2, 0.25) is 0 Å². The number of nitrogens with zero attached hydrogens (tertiary/aromatic N) is 2. The third kappa shape index (κ3) is 3.38. The minimum absolute atomic E-state index is 0.198. The number of imide groups is 1. The van der Waals surface area contributed by atoms with Crippen LogP contribution >= 0.6 is 11.8 Å². The summed E-state index contributed by atoms with van der Waals surface area (Å²) in [7, 11) is 1.17. The number of ether oxygens (including phenoxy) is 1. The van der Waals surface area contributed by atoms with Crippen molar-refractivity contribution < 1.29 is 23.2 Å². The zero-order valence-corrected chi connectivity index (χ0v) is 11.5. The summed E-state index contributed by atoms with van der Waals surface area (Å²) >= 11 is 1.02. The highest BCUT2D eigenvalue weighted by atomic mass is 32.2. The number of hydrogen-bond donors (Lipinski definition) is 1. The molecule has 106 valence electrons. The highest BCUT2D eigenvalue weighted by Crippen LogP contribution is 2.26. The Bertz CT molecular complexity index is 595. The van der Waals surface area contributed by atoms with Crippen molar-refractivity contribution in [2.24, 2.45) is 0 Å². The van der Waals surface area contributed by atoms with E-state index in [-0.39, 0.29) is 11.1 Å². The van der Waals surface area contributed by atoms with Gasteiger partial charge in [-0.05, 0) is 19.1 Å². The van der Waals surface area contributed by atoms with E-state index in [4.69, 9.17) is 8.83 Å². The Hall–Kier alpha value is -2.29. The number of aromatic nitrogens is 2. The van der Waals surface area contributed by atoms with E-state index in [2.05, 4.69) is 20.3 Å². The van der Waals surface area contributed by atoms with Gasteiger partial charge in [0.25, 0.3) is 11.1 Å². The van der Waals surface area contributed by atoms with Crippen molar-refractivity contribution in [3.8, 4) is 11.7 Å². The van der Waals surface area contributed by atoms with E-state index in [1.54, 1.807) is 19.1 Å². The van der Waals surface area contributed by atoms with Gasteiger partial charge in [0.1, 0.15) is 0 Å². The SMILES string of the molecule is COC(=O)NC(=O)[C@H](C)Sc1nnc(-c2ccco2)o1. The zero-order valence-electron chi connectivity index (χ0n) is 10.7. The molecule has 0 spiro atoms. The molecular weight excluding hydrogens is 286 g/mol. The summed E-state index contributed by atoms with van der Waals surface area (Å²) in [6.07, 6.45) is 0.669. The van der Waals surface area contributed by atoms with Crippen LogP contribution in [-0.4, -0.2) is 34.6 Å². The number of hydrogen-bond acceptors (Lipinski definition) is 8. The summed E-state index contributed by atoms with van der Waals surface area (Å²) in [6.45, 7) is 1.60. The smallest absolute Gasteiger partial charge is 0.413 e. The quantitative estimate of drug-likeness (QED) is 0.849. The first-order valence-corrected chi connectivity index (χ1v) is 6.41. The Morgan fingerprint density at radius 3 is 2.90 bits per heavy atom. The van der Waals surface area contributed by atoms with Crippen molar-refractivity contribution >= 4 is 23.8 Å². The molecule has 0 aliphatic carbocycles. The van der Waals surface area contributed by atoms with Crippen molar-refractivity contribution in [2.75, 3.05) is 7.11 Å². The molecule has 2 amide bonds. The Kier molecular flexibility index (Phi) is 4.41. The van der Waals surface area contributed by atoms with Crippen molar-refractivity contribution in [2.45, 2.75) is 17.4 Å². The van der Waals surface area contributed by atoms with Gasteiger partial charge in [0.05, 0.1) is 18.6 Å². The van der Waals surface area contributed by atoms with Crippen molar-refractivity contribution in [3.05, 3.63) is 18.4 Å². The van der Waals surface area contributed by atoms with E-state index < -0.39 is 17.3 Å². The van der Waals surface area contributed by atoms with Crippen LogP contribution in [0.1, 0.15) is 6.92 Å².